The molecule has 3 aromatic carbocycles. The smallest absolute Gasteiger partial charge is 0.251 e. The monoisotopic (exact) mass is 394 g/mol. The molecule has 3 aromatic rings. The first-order valence-electron chi connectivity index (χ1n) is 9.16. The Balaban J connectivity index is 1.53. The van der Waals surface area contributed by atoms with Crippen LogP contribution in [-0.2, 0) is 13.0 Å². The number of rotatable bonds is 7. The Kier molecular flexibility index (Phi) is 6.68. The molecule has 2 N–H and O–H groups in total. The topological polar surface area (TPSA) is 58.2 Å². The highest BCUT2D eigenvalue weighted by Crippen LogP contribution is 2.08. The molecule has 0 saturated carbocycles. The lowest BCUT2D eigenvalue weighted by atomic mass is 10.1. The highest BCUT2D eigenvalue weighted by atomic mass is 19.1. The molecule has 6 heteroatoms. The van der Waals surface area contributed by atoms with Gasteiger partial charge in [-0.1, -0.05) is 30.3 Å². The van der Waals surface area contributed by atoms with E-state index in [1.807, 2.05) is 0 Å². The molecule has 0 radical (unpaired) electrons. The van der Waals surface area contributed by atoms with Crippen LogP contribution in [0.2, 0.25) is 0 Å². The summed E-state index contributed by atoms with van der Waals surface area (Å²) in [5.41, 5.74) is 2.42. The van der Waals surface area contributed by atoms with Crippen molar-refractivity contribution < 1.29 is 18.4 Å². The van der Waals surface area contributed by atoms with Crippen molar-refractivity contribution in [3.8, 4) is 0 Å². The number of amides is 2. The van der Waals surface area contributed by atoms with E-state index in [-0.39, 0.29) is 30.0 Å². The Hall–Kier alpha value is -3.54. The third-order valence-corrected chi connectivity index (χ3v) is 4.37. The van der Waals surface area contributed by atoms with Crippen LogP contribution in [0, 0.1) is 11.6 Å². The van der Waals surface area contributed by atoms with Crippen molar-refractivity contribution in [1.82, 2.24) is 10.6 Å². The maximum atomic E-state index is 12.9. The molecular formula is C23H20F2N2O2. The van der Waals surface area contributed by atoms with Crippen LogP contribution in [0.1, 0.15) is 31.8 Å². The third kappa shape index (κ3) is 5.97. The summed E-state index contributed by atoms with van der Waals surface area (Å²) in [4.78, 5) is 24.7. The minimum Gasteiger partial charge on any atom is -0.352 e. The summed E-state index contributed by atoms with van der Waals surface area (Å²) in [5, 5.41) is 5.54. The molecule has 3 rings (SSSR count). The second-order valence-corrected chi connectivity index (χ2v) is 6.52. The van der Waals surface area contributed by atoms with Gasteiger partial charge in [0.05, 0.1) is 0 Å². The summed E-state index contributed by atoms with van der Waals surface area (Å²) >= 11 is 0. The number of hydrogen-bond donors (Lipinski definition) is 2. The van der Waals surface area contributed by atoms with E-state index >= 15 is 0 Å². The number of halogens is 2. The fraction of sp³-hybridized carbons (Fsp3) is 0.130. The van der Waals surface area contributed by atoms with Gasteiger partial charge in [-0.25, -0.2) is 8.78 Å². The van der Waals surface area contributed by atoms with Crippen LogP contribution in [-0.4, -0.2) is 18.4 Å². The molecule has 0 heterocycles. The first-order chi connectivity index (χ1) is 14.0. The van der Waals surface area contributed by atoms with Crippen molar-refractivity contribution in [3.05, 3.63) is 107 Å². The van der Waals surface area contributed by atoms with Crippen molar-refractivity contribution in [2.75, 3.05) is 6.54 Å². The van der Waals surface area contributed by atoms with E-state index in [2.05, 4.69) is 10.6 Å². The number of carbonyl (C=O) groups is 2. The largest absolute Gasteiger partial charge is 0.352 e. The fourth-order valence-electron chi connectivity index (χ4n) is 2.76. The zero-order valence-corrected chi connectivity index (χ0v) is 15.6. The summed E-state index contributed by atoms with van der Waals surface area (Å²) in [5.74, 6) is -1.25. The minimum atomic E-state index is -0.335. The molecule has 0 aliphatic rings. The Labute approximate surface area is 167 Å². The average Bonchev–Trinajstić information content (AvgIpc) is 2.74. The van der Waals surface area contributed by atoms with E-state index in [9.17, 15) is 18.4 Å². The van der Waals surface area contributed by atoms with Crippen LogP contribution in [0.15, 0.2) is 72.8 Å². The van der Waals surface area contributed by atoms with E-state index in [0.717, 1.165) is 11.1 Å². The van der Waals surface area contributed by atoms with Gasteiger partial charge in [0.25, 0.3) is 11.8 Å². The number of nitrogens with one attached hydrogen (secondary N) is 2. The van der Waals surface area contributed by atoms with E-state index in [4.69, 9.17) is 0 Å². The van der Waals surface area contributed by atoms with Gasteiger partial charge >= 0.3 is 0 Å². The Morgan fingerprint density at radius 1 is 0.690 bits per heavy atom. The summed E-state index contributed by atoms with van der Waals surface area (Å²) in [6, 6.07) is 18.4. The standard InChI is InChI=1S/C23H20F2N2O2/c24-20-8-4-16(5-9-20)12-13-26-22(28)18-2-1-3-19(14-18)23(29)27-15-17-6-10-21(25)11-7-17/h1-11,14H,12-13,15H2,(H,26,28)(H,27,29). The second kappa shape index (κ2) is 9.59. The Bertz CT molecular complexity index is 987. The van der Waals surface area contributed by atoms with Crippen LogP contribution >= 0.6 is 0 Å². The first kappa shape index (κ1) is 20.2. The fourth-order valence-corrected chi connectivity index (χ4v) is 2.76. The van der Waals surface area contributed by atoms with E-state index in [1.54, 1.807) is 42.5 Å². The molecule has 0 atom stereocenters. The molecule has 2 amide bonds. The van der Waals surface area contributed by atoms with Gasteiger partial charge in [-0.15, -0.1) is 0 Å². The van der Waals surface area contributed by atoms with Crippen LogP contribution < -0.4 is 10.6 Å². The molecule has 0 saturated heterocycles. The quantitative estimate of drug-likeness (QED) is 0.639. The summed E-state index contributed by atoms with van der Waals surface area (Å²) < 4.78 is 25.8. The molecule has 0 aromatic heterocycles. The van der Waals surface area contributed by atoms with Gasteiger partial charge in [0.1, 0.15) is 11.6 Å². The second-order valence-electron chi connectivity index (χ2n) is 6.52. The SMILES string of the molecule is O=C(NCCc1ccc(F)cc1)c1cccc(C(=O)NCc2ccc(F)cc2)c1. The van der Waals surface area contributed by atoms with Gasteiger partial charge in [0.2, 0.25) is 0 Å². The summed E-state index contributed by atoms with van der Waals surface area (Å²) in [6.07, 6.45) is 0.573. The van der Waals surface area contributed by atoms with E-state index < -0.39 is 0 Å². The number of hydrogen-bond acceptors (Lipinski definition) is 2. The lowest BCUT2D eigenvalue weighted by Crippen LogP contribution is -2.27. The first-order valence-corrected chi connectivity index (χ1v) is 9.16. The maximum Gasteiger partial charge on any atom is 0.251 e. The lowest BCUT2D eigenvalue weighted by molar-refractivity contribution is 0.0950. The van der Waals surface area contributed by atoms with Crippen LogP contribution in [0.3, 0.4) is 0 Å². The predicted molar refractivity (Wildman–Crippen MR) is 106 cm³/mol. The van der Waals surface area contributed by atoms with Crippen LogP contribution in [0.25, 0.3) is 0 Å². The van der Waals surface area contributed by atoms with Gasteiger partial charge in [-0.3, -0.25) is 9.59 Å². The highest BCUT2D eigenvalue weighted by molar-refractivity contribution is 5.99. The van der Waals surface area contributed by atoms with Gasteiger partial charge in [-0.05, 0) is 60.0 Å². The van der Waals surface area contributed by atoms with Crippen molar-refractivity contribution in [1.29, 1.82) is 0 Å². The molecule has 0 unspecified atom stereocenters. The van der Waals surface area contributed by atoms with Gasteiger partial charge in [0, 0.05) is 24.2 Å². The van der Waals surface area contributed by atoms with Gasteiger partial charge in [-0.2, -0.15) is 0 Å². The minimum absolute atomic E-state index is 0.257. The zero-order valence-electron chi connectivity index (χ0n) is 15.6. The number of carbonyl (C=O) groups excluding carboxylic acids is 2. The Morgan fingerprint density at radius 2 is 1.21 bits per heavy atom. The van der Waals surface area contributed by atoms with Gasteiger partial charge in [0.15, 0.2) is 0 Å². The lowest BCUT2D eigenvalue weighted by Gasteiger charge is -2.08. The summed E-state index contributed by atoms with van der Waals surface area (Å²) in [7, 11) is 0. The normalized spacial score (nSPS) is 10.4. The molecule has 0 spiro atoms. The molecule has 0 bridgehead atoms. The molecular weight excluding hydrogens is 374 g/mol. The molecule has 4 nitrogen and oxygen atoms in total. The van der Waals surface area contributed by atoms with Crippen LogP contribution in [0.4, 0.5) is 8.78 Å². The van der Waals surface area contributed by atoms with Crippen molar-refractivity contribution in [3.63, 3.8) is 0 Å². The van der Waals surface area contributed by atoms with Crippen LogP contribution in [0.5, 0.6) is 0 Å². The van der Waals surface area contributed by atoms with Gasteiger partial charge < -0.3 is 10.6 Å². The van der Waals surface area contributed by atoms with Crippen molar-refractivity contribution in [2.45, 2.75) is 13.0 Å². The maximum absolute atomic E-state index is 12.9. The molecule has 0 aliphatic heterocycles. The zero-order chi connectivity index (χ0) is 20.6. The van der Waals surface area contributed by atoms with Crippen molar-refractivity contribution >= 4 is 11.8 Å². The Morgan fingerprint density at radius 3 is 1.79 bits per heavy atom. The average molecular weight is 394 g/mol. The molecule has 29 heavy (non-hydrogen) atoms. The number of benzene rings is 3. The molecule has 0 fully saturated rings. The molecule has 148 valence electrons. The van der Waals surface area contributed by atoms with E-state index in [0.29, 0.717) is 24.1 Å². The third-order valence-electron chi connectivity index (χ3n) is 4.37. The van der Waals surface area contributed by atoms with E-state index in [1.165, 1.54) is 30.3 Å². The highest BCUT2D eigenvalue weighted by Gasteiger charge is 2.10. The van der Waals surface area contributed by atoms with Crippen molar-refractivity contribution in [2.24, 2.45) is 0 Å². The molecule has 0 aliphatic carbocycles. The predicted octanol–water partition coefficient (Wildman–Crippen LogP) is 3.87. The summed E-state index contributed by atoms with van der Waals surface area (Å²) in [6.45, 7) is 0.651.